The largest absolute Gasteiger partial charge is 0.495 e. The van der Waals surface area contributed by atoms with E-state index in [9.17, 15) is 4.79 Å². The molecule has 1 aromatic carbocycles. The Morgan fingerprint density at radius 2 is 1.87 bits per heavy atom. The molecule has 0 aliphatic rings. The van der Waals surface area contributed by atoms with Gasteiger partial charge in [-0.25, -0.2) is 9.97 Å². The van der Waals surface area contributed by atoms with Gasteiger partial charge in [-0.1, -0.05) is 6.07 Å². The number of rotatable bonds is 6. The zero-order valence-corrected chi connectivity index (χ0v) is 14.0. The molecule has 0 atom stereocenters. The minimum absolute atomic E-state index is 0.264. The number of hydrogen-bond acceptors (Lipinski definition) is 5. The van der Waals surface area contributed by atoms with Gasteiger partial charge in [0.2, 0.25) is 5.95 Å². The minimum Gasteiger partial charge on any atom is -0.495 e. The number of aromatic nitrogens is 2. The lowest BCUT2D eigenvalue weighted by atomic mass is 10.2. The van der Waals surface area contributed by atoms with Crippen molar-refractivity contribution < 1.29 is 9.53 Å². The van der Waals surface area contributed by atoms with E-state index in [0.717, 1.165) is 18.7 Å². The number of ether oxygens (including phenoxy) is 1. The van der Waals surface area contributed by atoms with Crippen LogP contribution in [0.5, 0.6) is 5.75 Å². The monoisotopic (exact) mass is 314 g/mol. The van der Waals surface area contributed by atoms with Crippen LogP contribution in [0.2, 0.25) is 0 Å². The van der Waals surface area contributed by atoms with Gasteiger partial charge in [0.1, 0.15) is 5.75 Å². The summed E-state index contributed by atoms with van der Waals surface area (Å²) >= 11 is 0. The van der Waals surface area contributed by atoms with Gasteiger partial charge < -0.3 is 15.0 Å². The maximum absolute atomic E-state index is 12.4. The molecule has 23 heavy (non-hydrogen) atoms. The van der Waals surface area contributed by atoms with Gasteiger partial charge in [-0.2, -0.15) is 0 Å². The number of anilines is 2. The van der Waals surface area contributed by atoms with Gasteiger partial charge in [-0.3, -0.25) is 4.79 Å². The summed E-state index contributed by atoms with van der Waals surface area (Å²) in [5, 5.41) is 2.84. The highest BCUT2D eigenvalue weighted by Crippen LogP contribution is 2.25. The van der Waals surface area contributed by atoms with Gasteiger partial charge in [-0.05, 0) is 38.5 Å². The Balaban J connectivity index is 2.17. The van der Waals surface area contributed by atoms with Crippen LogP contribution in [-0.2, 0) is 0 Å². The first-order valence-electron chi connectivity index (χ1n) is 7.62. The molecule has 1 heterocycles. The predicted molar refractivity (Wildman–Crippen MR) is 91.3 cm³/mol. The van der Waals surface area contributed by atoms with Crippen molar-refractivity contribution in [3.8, 4) is 5.75 Å². The summed E-state index contributed by atoms with van der Waals surface area (Å²) in [6, 6.07) is 5.61. The second-order valence-corrected chi connectivity index (χ2v) is 5.10. The van der Waals surface area contributed by atoms with Crippen LogP contribution in [0.3, 0.4) is 0 Å². The molecule has 0 fully saturated rings. The number of amides is 1. The van der Waals surface area contributed by atoms with Crippen LogP contribution < -0.4 is 15.0 Å². The van der Waals surface area contributed by atoms with Gasteiger partial charge in [0, 0.05) is 25.5 Å². The molecule has 0 aliphatic heterocycles. The third-order valence-electron chi connectivity index (χ3n) is 3.55. The molecule has 1 amide bonds. The van der Waals surface area contributed by atoms with Crippen LogP contribution >= 0.6 is 0 Å². The second-order valence-electron chi connectivity index (χ2n) is 5.10. The second kappa shape index (κ2) is 7.58. The summed E-state index contributed by atoms with van der Waals surface area (Å²) in [5.74, 6) is 0.976. The molecule has 0 bridgehead atoms. The zero-order valence-electron chi connectivity index (χ0n) is 14.0. The van der Waals surface area contributed by atoms with Crippen LogP contribution in [-0.4, -0.2) is 36.1 Å². The number of benzene rings is 1. The van der Waals surface area contributed by atoms with Crippen molar-refractivity contribution in [1.82, 2.24) is 9.97 Å². The lowest BCUT2D eigenvalue weighted by Crippen LogP contribution is -2.24. The first-order valence-corrected chi connectivity index (χ1v) is 7.62. The van der Waals surface area contributed by atoms with E-state index in [0.29, 0.717) is 22.9 Å². The Bertz CT molecular complexity index is 667. The van der Waals surface area contributed by atoms with Crippen LogP contribution in [0, 0.1) is 6.92 Å². The number of carbonyl (C=O) groups excluding carboxylic acids is 1. The molecule has 122 valence electrons. The van der Waals surface area contributed by atoms with E-state index in [2.05, 4.69) is 15.3 Å². The normalized spacial score (nSPS) is 10.3. The van der Waals surface area contributed by atoms with Crippen LogP contribution in [0.1, 0.15) is 29.8 Å². The van der Waals surface area contributed by atoms with Crippen molar-refractivity contribution in [3.63, 3.8) is 0 Å². The van der Waals surface area contributed by atoms with Crippen molar-refractivity contribution in [1.29, 1.82) is 0 Å². The Labute approximate surface area is 136 Å². The molecule has 0 radical (unpaired) electrons. The van der Waals surface area contributed by atoms with Crippen LogP contribution in [0.15, 0.2) is 30.6 Å². The molecule has 2 aromatic rings. The SMILES string of the molecule is CCN(CC)c1ncc(C(=O)Nc2cc(C)ccc2OC)cn1. The zero-order chi connectivity index (χ0) is 16.8. The quantitative estimate of drug-likeness (QED) is 0.888. The third-order valence-corrected chi connectivity index (χ3v) is 3.55. The lowest BCUT2D eigenvalue weighted by molar-refractivity contribution is 0.102. The molecule has 1 N–H and O–H groups in total. The molecule has 0 saturated heterocycles. The first-order chi connectivity index (χ1) is 11.1. The molecular weight excluding hydrogens is 292 g/mol. The third kappa shape index (κ3) is 3.97. The van der Waals surface area contributed by atoms with E-state index in [-0.39, 0.29) is 5.91 Å². The standard InChI is InChI=1S/C17H22N4O2/c1-5-21(6-2)17-18-10-13(11-19-17)16(22)20-14-9-12(3)7-8-15(14)23-4/h7-11H,5-6H2,1-4H3,(H,20,22). The first kappa shape index (κ1) is 16.7. The topological polar surface area (TPSA) is 67.4 Å². The Kier molecular flexibility index (Phi) is 5.51. The molecule has 0 saturated carbocycles. The van der Waals surface area contributed by atoms with Gasteiger partial charge in [0.15, 0.2) is 0 Å². The maximum atomic E-state index is 12.4. The molecule has 0 aliphatic carbocycles. The molecule has 0 spiro atoms. The number of methoxy groups -OCH3 is 1. The van der Waals surface area contributed by atoms with Crippen LogP contribution in [0.25, 0.3) is 0 Å². The maximum Gasteiger partial charge on any atom is 0.258 e. The summed E-state index contributed by atoms with van der Waals surface area (Å²) in [6.45, 7) is 7.68. The van der Waals surface area contributed by atoms with Gasteiger partial charge in [0.25, 0.3) is 5.91 Å². The highest BCUT2D eigenvalue weighted by molar-refractivity contribution is 6.04. The number of nitrogens with zero attached hydrogens (tertiary/aromatic N) is 3. The Hall–Kier alpha value is -2.63. The smallest absolute Gasteiger partial charge is 0.258 e. The summed E-state index contributed by atoms with van der Waals surface area (Å²) in [4.78, 5) is 22.9. The van der Waals surface area contributed by atoms with Gasteiger partial charge >= 0.3 is 0 Å². The molecular formula is C17H22N4O2. The number of nitrogens with one attached hydrogen (secondary N) is 1. The number of aryl methyl sites for hydroxylation is 1. The average Bonchev–Trinajstić information content (AvgIpc) is 2.57. The van der Waals surface area contributed by atoms with Crippen molar-refractivity contribution in [2.45, 2.75) is 20.8 Å². The summed E-state index contributed by atoms with van der Waals surface area (Å²) in [5.41, 5.74) is 2.07. The van der Waals surface area contributed by atoms with Gasteiger partial charge in [0.05, 0.1) is 18.4 Å². The fourth-order valence-electron chi connectivity index (χ4n) is 2.22. The average molecular weight is 314 g/mol. The summed E-state index contributed by atoms with van der Waals surface area (Å²) in [7, 11) is 1.57. The fraction of sp³-hybridized carbons (Fsp3) is 0.353. The molecule has 0 unspecified atom stereocenters. The van der Waals surface area contributed by atoms with E-state index >= 15 is 0 Å². The van der Waals surface area contributed by atoms with Crippen molar-refractivity contribution in [2.75, 3.05) is 30.4 Å². The Morgan fingerprint density at radius 1 is 1.22 bits per heavy atom. The Morgan fingerprint density at radius 3 is 2.43 bits per heavy atom. The van der Waals surface area contributed by atoms with E-state index in [4.69, 9.17) is 4.74 Å². The minimum atomic E-state index is -0.264. The number of hydrogen-bond donors (Lipinski definition) is 1. The van der Waals surface area contributed by atoms with E-state index in [1.807, 2.05) is 43.9 Å². The predicted octanol–water partition coefficient (Wildman–Crippen LogP) is 2.89. The highest BCUT2D eigenvalue weighted by atomic mass is 16.5. The molecule has 6 nitrogen and oxygen atoms in total. The number of carbonyl (C=O) groups is 1. The molecule has 1 aromatic heterocycles. The summed E-state index contributed by atoms with van der Waals surface area (Å²) in [6.07, 6.45) is 3.08. The van der Waals surface area contributed by atoms with Crippen molar-refractivity contribution in [2.24, 2.45) is 0 Å². The van der Waals surface area contributed by atoms with Crippen LogP contribution in [0.4, 0.5) is 11.6 Å². The fourth-order valence-corrected chi connectivity index (χ4v) is 2.22. The molecule has 2 rings (SSSR count). The van der Waals surface area contributed by atoms with Crippen molar-refractivity contribution in [3.05, 3.63) is 41.7 Å². The van der Waals surface area contributed by atoms with Crippen molar-refractivity contribution >= 4 is 17.5 Å². The highest BCUT2D eigenvalue weighted by Gasteiger charge is 2.12. The molecule has 6 heteroatoms. The van der Waals surface area contributed by atoms with E-state index in [1.165, 1.54) is 12.4 Å². The summed E-state index contributed by atoms with van der Waals surface area (Å²) < 4.78 is 5.26. The lowest BCUT2D eigenvalue weighted by Gasteiger charge is -2.18. The van der Waals surface area contributed by atoms with E-state index in [1.54, 1.807) is 7.11 Å². The van der Waals surface area contributed by atoms with Gasteiger partial charge in [-0.15, -0.1) is 0 Å². The van der Waals surface area contributed by atoms with E-state index < -0.39 is 0 Å².